The van der Waals surface area contributed by atoms with Crippen molar-refractivity contribution in [2.45, 2.75) is 11.6 Å². The fourth-order valence-corrected chi connectivity index (χ4v) is 3.00. The minimum Gasteiger partial charge on any atom is -0.494 e. The number of thioether (sulfide) groups is 1. The zero-order valence-corrected chi connectivity index (χ0v) is 13.0. The summed E-state index contributed by atoms with van der Waals surface area (Å²) in [5.74, 6) is 1.67. The van der Waals surface area contributed by atoms with Crippen LogP contribution in [0.2, 0.25) is 0 Å². The van der Waals surface area contributed by atoms with E-state index in [2.05, 4.69) is 39.8 Å². The van der Waals surface area contributed by atoms with Gasteiger partial charge in [0.15, 0.2) is 0 Å². The normalized spacial score (nSPS) is 10.6. The van der Waals surface area contributed by atoms with E-state index in [9.17, 15) is 0 Å². The molecule has 0 bridgehead atoms. The third-order valence-electron chi connectivity index (χ3n) is 3.22. The molecule has 1 aromatic heterocycles. The van der Waals surface area contributed by atoms with Gasteiger partial charge >= 0.3 is 0 Å². The number of tetrazole rings is 1. The average Bonchev–Trinajstić information content (AvgIpc) is 3.04. The molecule has 22 heavy (non-hydrogen) atoms. The lowest BCUT2D eigenvalue weighted by Crippen LogP contribution is -2.02. The first-order chi connectivity index (χ1) is 10.9. The summed E-state index contributed by atoms with van der Waals surface area (Å²) >= 11 is 1.63. The topological polar surface area (TPSA) is 52.8 Å². The molecule has 3 rings (SSSR count). The Bertz CT molecular complexity index is 730. The van der Waals surface area contributed by atoms with Gasteiger partial charge in [-0.1, -0.05) is 54.2 Å². The van der Waals surface area contributed by atoms with Gasteiger partial charge in [-0.25, -0.2) is 0 Å². The van der Waals surface area contributed by atoms with Gasteiger partial charge in [0, 0.05) is 5.75 Å². The van der Waals surface area contributed by atoms with Crippen LogP contribution in [-0.4, -0.2) is 33.1 Å². The van der Waals surface area contributed by atoms with E-state index in [1.807, 2.05) is 30.3 Å². The number of ether oxygens (including phenoxy) is 1. The Morgan fingerprint density at radius 3 is 2.64 bits per heavy atom. The Morgan fingerprint density at radius 1 is 1.05 bits per heavy atom. The number of para-hydroxylation sites is 2. The molecule has 0 spiro atoms. The fourth-order valence-electron chi connectivity index (χ4n) is 2.13. The minimum atomic E-state index is 0.750. The summed E-state index contributed by atoms with van der Waals surface area (Å²) < 4.78 is 7.09. The second-order valence-corrected chi connectivity index (χ2v) is 5.69. The first-order valence-corrected chi connectivity index (χ1v) is 7.95. The molecule has 0 unspecified atom stereocenters. The lowest BCUT2D eigenvalue weighted by atomic mass is 10.2. The van der Waals surface area contributed by atoms with Crippen molar-refractivity contribution in [3.8, 4) is 11.4 Å². The highest BCUT2D eigenvalue weighted by Gasteiger charge is 2.12. The number of methoxy groups -OCH3 is 1. The number of hydrogen-bond donors (Lipinski definition) is 0. The van der Waals surface area contributed by atoms with Crippen molar-refractivity contribution in [1.82, 2.24) is 20.2 Å². The maximum Gasteiger partial charge on any atom is 0.214 e. The molecule has 0 saturated heterocycles. The molecule has 0 aliphatic rings. The summed E-state index contributed by atoms with van der Waals surface area (Å²) in [7, 11) is 1.64. The smallest absolute Gasteiger partial charge is 0.214 e. The molecule has 0 saturated carbocycles. The van der Waals surface area contributed by atoms with Crippen LogP contribution in [0.4, 0.5) is 0 Å². The van der Waals surface area contributed by atoms with E-state index in [1.165, 1.54) is 5.56 Å². The maximum atomic E-state index is 5.37. The van der Waals surface area contributed by atoms with E-state index in [4.69, 9.17) is 4.74 Å². The second-order valence-electron chi connectivity index (χ2n) is 4.63. The molecule has 3 aromatic rings. The van der Waals surface area contributed by atoms with E-state index in [1.54, 1.807) is 23.6 Å². The van der Waals surface area contributed by atoms with E-state index >= 15 is 0 Å². The van der Waals surface area contributed by atoms with Crippen LogP contribution in [0.3, 0.4) is 0 Å². The first-order valence-electron chi connectivity index (χ1n) is 6.97. The van der Waals surface area contributed by atoms with Gasteiger partial charge in [-0.3, -0.25) is 0 Å². The van der Waals surface area contributed by atoms with Gasteiger partial charge in [0.2, 0.25) is 5.16 Å². The number of aromatic nitrogens is 4. The van der Waals surface area contributed by atoms with Crippen molar-refractivity contribution < 1.29 is 4.74 Å². The Hall–Kier alpha value is -2.34. The second kappa shape index (κ2) is 7.09. The summed E-state index contributed by atoms with van der Waals surface area (Å²) in [5, 5.41) is 12.7. The molecular formula is C16H16N4OS. The van der Waals surface area contributed by atoms with E-state index in [0.29, 0.717) is 0 Å². The molecule has 0 N–H and O–H groups in total. The number of nitrogens with zero attached hydrogens (tertiary/aromatic N) is 4. The lowest BCUT2D eigenvalue weighted by Gasteiger charge is -2.08. The zero-order chi connectivity index (χ0) is 15.2. The molecule has 0 radical (unpaired) electrons. The van der Waals surface area contributed by atoms with Crippen molar-refractivity contribution in [3.63, 3.8) is 0 Å². The van der Waals surface area contributed by atoms with Gasteiger partial charge in [0.25, 0.3) is 0 Å². The maximum absolute atomic E-state index is 5.37. The first kappa shape index (κ1) is 14.6. The summed E-state index contributed by atoms with van der Waals surface area (Å²) in [5.41, 5.74) is 2.16. The Morgan fingerprint density at radius 2 is 1.82 bits per heavy atom. The molecule has 0 amide bonds. The summed E-state index contributed by atoms with van der Waals surface area (Å²) in [6.45, 7) is 0. The highest BCUT2D eigenvalue weighted by Crippen LogP contribution is 2.25. The Kier molecular flexibility index (Phi) is 4.70. The van der Waals surface area contributed by atoms with E-state index in [0.717, 1.165) is 28.8 Å². The van der Waals surface area contributed by atoms with Crippen LogP contribution in [0.25, 0.3) is 5.69 Å². The van der Waals surface area contributed by atoms with Crippen molar-refractivity contribution in [2.24, 2.45) is 0 Å². The van der Waals surface area contributed by atoms with Crippen LogP contribution >= 0.6 is 11.8 Å². The largest absolute Gasteiger partial charge is 0.494 e. The number of rotatable bonds is 6. The quantitative estimate of drug-likeness (QED) is 0.655. The molecule has 0 aliphatic carbocycles. The number of hydrogen-bond acceptors (Lipinski definition) is 5. The van der Waals surface area contributed by atoms with Crippen LogP contribution in [0.5, 0.6) is 5.75 Å². The van der Waals surface area contributed by atoms with Gasteiger partial charge in [-0.2, -0.15) is 4.68 Å². The predicted molar refractivity (Wildman–Crippen MR) is 86.6 cm³/mol. The molecule has 6 heteroatoms. The highest BCUT2D eigenvalue weighted by atomic mass is 32.2. The monoisotopic (exact) mass is 312 g/mol. The lowest BCUT2D eigenvalue weighted by molar-refractivity contribution is 0.410. The molecule has 0 aliphatic heterocycles. The van der Waals surface area contributed by atoms with E-state index < -0.39 is 0 Å². The van der Waals surface area contributed by atoms with E-state index in [-0.39, 0.29) is 0 Å². The third kappa shape index (κ3) is 3.28. The van der Waals surface area contributed by atoms with Gasteiger partial charge in [-0.05, 0) is 34.5 Å². The standard InChI is InChI=1S/C16H16N4OS/c1-21-15-10-6-5-9-14(15)20-16(17-18-19-20)22-12-11-13-7-3-2-4-8-13/h2-10H,11-12H2,1H3. The van der Waals surface area contributed by atoms with Gasteiger partial charge in [0.1, 0.15) is 11.4 Å². The number of aryl methyl sites for hydroxylation is 1. The predicted octanol–water partition coefficient (Wildman–Crippen LogP) is 3.01. The molecular weight excluding hydrogens is 296 g/mol. The van der Waals surface area contributed by atoms with Crippen LogP contribution in [-0.2, 0) is 6.42 Å². The highest BCUT2D eigenvalue weighted by molar-refractivity contribution is 7.99. The van der Waals surface area contributed by atoms with Crippen molar-refractivity contribution in [1.29, 1.82) is 0 Å². The Balaban J connectivity index is 1.72. The SMILES string of the molecule is COc1ccccc1-n1nnnc1SCCc1ccccc1. The number of benzene rings is 2. The summed E-state index contributed by atoms with van der Waals surface area (Å²) in [6, 6.07) is 18.1. The van der Waals surface area contributed by atoms with Gasteiger partial charge in [0.05, 0.1) is 7.11 Å². The third-order valence-corrected chi connectivity index (χ3v) is 4.14. The van der Waals surface area contributed by atoms with Crippen LogP contribution in [0, 0.1) is 0 Å². The summed E-state index contributed by atoms with van der Waals surface area (Å²) in [4.78, 5) is 0. The summed E-state index contributed by atoms with van der Waals surface area (Å²) in [6.07, 6.45) is 0.976. The Labute approximate surface area is 133 Å². The molecule has 0 fully saturated rings. The molecule has 112 valence electrons. The van der Waals surface area contributed by atoms with Crippen molar-refractivity contribution in [2.75, 3.05) is 12.9 Å². The van der Waals surface area contributed by atoms with Crippen molar-refractivity contribution in [3.05, 3.63) is 60.2 Å². The van der Waals surface area contributed by atoms with Crippen molar-refractivity contribution >= 4 is 11.8 Å². The molecule has 1 heterocycles. The molecule has 0 atom stereocenters. The average molecular weight is 312 g/mol. The molecule has 2 aromatic carbocycles. The van der Waals surface area contributed by atoms with Crippen LogP contribution in [0.1, 0.15) is 5.56 Å². The van der Waals surface area contributed by atoms with Crippen LogP contribution < -0.4 is 4.74 Å². The van der Waals surface area contributed by atoms with Crippen LogP contribution in [0.15, 0.2) is 59.8 Å². The molecule has 5 nitrogen and oxygen atoms in total. The fraction of sp³-hybridized carbons (Fsp3) is 0.188. The van der Waals surface area contributed by atoms with Gasteiger partial charge in [-0.15, -0.1) is 5.10 Å². The minimum absolute atomic E-state index is 0.750. The van der Waals surface area contributed by atoms with Gasteiger partial charge < -0.3 is 4.74 Å². The zero-order valence-electron chi connectivity index (χ0n) is 12.2.